The van der Waals surface area contributed by atoms with Gasteiger partial charge in [0.05, 0.1) is 0 Å². The molecule has 1 aromatic rings. The molecule has 1 unspecified atom stereocenters. The summed E-state index contributed by atoms with van der Waals surface area (Å²) in [5.41, 5.74) is 0.0431. The average Bonchev–Trinajstić information content (AvgIpc) is 2.92. The number of carbonyl (C=O) groups excluding carboxylic acids is 2. The molecule has 0 aromatic heterocycles. The third-order valence-corrected chi connectivity index (χ3v) is 5.45. The minimum absolute atomic E-state index is 0.0625. The molecule has 1 saturated heterocycles. The van der Waals surface area contributed by atoms with Crippen LogP contribution in [0.3, 0.4) is 0 Å². The Hall–Kier alpha value is -2.37. The molecule has 1 heterocycles. The lowest BCUT2D eigenvalue weighted by Crippen LogP contribution is -2.59. The first kappa shape index (κ1) is 19.9. The third kappa shape index (κ3) is 4.06. The largest absolute Gasteiger partial charge is 0.480 e. The topological polar surface area (TPSA) is 86.7 Å². The number of likely N-dealkylation sites (tertiary alicyclic amines) is 1. The monoisotopic (exact) mass is 360 g/mol. The Morgan fingerprint density at radius 2 is 1.96 bits per heavy atom. The molecule has 2 amide bonds. The van der Waals surface area contributed by atoms with Crippen LogP contribution in [0, 0.1) is 5.92 Å². The molecule has 6 nitrogen and oxygen atoms in total. The van der Waals surface area contributed by atoms with Gasteiger partial charge in [0.25, 0.3) is 0 Å². The van der Waals surface area contributed by atoms with Crippen molar-refractivity contribution < 1.29 is 19.5 Å². The molecule has 2 rings (SSSR count). The number of aryl methyl sites for hydroxylation is 1. The van der Waals surface area contributed by atoms with Crippen LogP contribution in [-0.4, -0.2) is 45.9 Å². The number of aliphatic carboxylic acids is 1. The van der Waals surface area contributed by atoms with Gasteiger partial charge in [0, 0.05) is 13.5 Å². The van der Waals surface area contributed by atoms with Crippen molar-refractivity contribution in [1.82, 2.24) is 10.2 Å². The van der Waals surface area contributed by atoms with Crippen LogP contribution in [0.1, 0.15) is 45.6 Å². The fourth-order valence-electron chi connectivity index (χ4n) is 3.78. The van der Waals surface area contributed by atoms with Crippen LogP contribution >= 0.6 is 0 Å². The molecule has 0 aliphatic carbocycles. The van der Waals surface area contributed by atoms with Crippen molar-refractivity contribution in [3.63, 3.8) is 0 Å². The first-order chi connectivity index (χ1) is 12.3. The smallest absolute Gasteiger partial charge is 0.326 e. The fraction of sp³-hybridized carbons (Fsp3) is 0.550. The van der Waals surface area contributed by atoms with Crippen LogP contribution in [-0.2, 0) is 20.8 Å². The number of amides is 2. The molecule has 0 spiro atoms. The Balaban J connectivity index is 2.20. The van der Waals surface area contributed by atoms with E-state index in [2.05, 4.69) is 5.32 Å². The lowest BCUT2D eigenvalue weighted by Gasteiger charge is -2.35. The maximum absolute atomic E-state index is 13.2. The predicted octanol–water partition coefficient (Wildman–Crippen LogP) is 2.23. The van der Waals surface area contributed by atoms with Crippen LogP contribution in [0.15, 0.2) is 30.3 Å². The fourth-order valence-corrected chi connectivity index (χ4v) is 3.78. The van der Waals surface area contributed by atoms with Crippen molar-refractivity contribution in [3.05, 3.63) is 35.9 Å². The summed E-state index contributed by atoms with van der Waals surface area (Å²) in [5, 5.41) is 12.5. The van der Waals surface area contributed by atoms with E-state index in [1.807, 2.05) is 44.2 Å². The highest BCUT2D eigenvalue weighted by Gasteiger charge is 2.52. The highest BCUT2D eigenvalue weighted by atomic mass is 16.4. The van der Waals surface area contributed by atoms with E-state index in [0.29, 0.717) is 25.8 Å². The normalized spacial score (nSPS) is 22.1. The third-order valence-electron chi connectivity index (χ3n) is 5.45. The second kappa shape index (κ2) is 8.34. The number of rotatable bonds is 8. The second-order valence-corrected chi connectivity index (χ2v) is 7.09. The van der Waals surface area contributed by atoms with Crippen LogP contribution in [0.25, 0.3) is 0 Å². The Bertz CT molecular complexity index is 661. The quantitative estimate of drug-likeness (QED) is 0.744. The van der Waals surface area contributed by atoms with Gasteiger partial charge in [-0.3, -0.25) is 9.59 Å². The first-order valence-corrected chi connectivity index (χ1v) is 9.18. The molecule has 1 aliphatic rings. The van der Waals surface area contributed by atoms with Crippen molar-refractivity contribution in [2.45, 2.75) is 58.0 Å². The number of hydrogen-bond acceptors (Lipinski definition) is 3. The van der Waals surface area contributed by atoms with E-state index in [1.165, 1.54) is 11.8 Å². The average molecular weight is 360 g/mol. The summed E-state index contributed by atoms with van der Waals surface area (Å²) in [7, 11) is 0. The van der Waals surface area contributed by atoms with Crippen LogP contribution in [0.4, 0.5) is 0 Å². The van der Waals surface area contributed by atoms with Gasteiger partial charge in [-0.1, -0.05) is 50.6 Å². The van der Waals surface area contributed by atoms with Crippen molar-refractivity contribution in [2.75, 3.05) is 6.54 Å². The minimum atomic E-state index is -1.00. The summed E-state index contributed by atoms with van der Waals surface area (Å²) in [6.07, 6.45) is 2.09. The second-order valence-electron chi connectivity index (χ2n) is 7.09. The zero-order chi connectivity index (χ0) is 19.3. The maximum Gasteiger partial charge on any atom is 0.326 e. The van der Waals surface area contributed by atoms with Gasteiger partial charge in [-0.15, -0.1) is 0 Å². The molecule has 1 fully saturated rings. The van der Waals surface area contributed by atoms with Gasteiger partial charge in [0.2, 0.25) is 11.8 Å². The maximum atomic E-state index is 13.2. The SMILES string of the molecule is CC[C@H](C)[C@@]1(NC(C)=O)CCN(C(CCc2ccccc2)C(=O)O)C1=O. The highest BCUT2D eigenvalue weighted by Crippen LogP contribution is 2.34. The van der Waals surface area contributed by atoms with Crippen molar-refractivity contribution in [2.24, 2.45) is 5.92 Å². The first-order valence-electron chi connectivity index (χ1n) is 9.18. The zero-order valence-corrected chi connectivity index (χ0v) is 15.7. The van der Waals surface area contributed by atoms with Crippen molar-refractivity contribution in [1.29, 1.82) is 0 Å². The van der Waals surface area contributed by atoms with E-state index in [4.69, 9.17) is 0 Å². The Morgan fingerprint density at radius 1 is 1.31 bits per heavy atom. The van der Waals surface area contributed by atoms with E-state index in [1.54, 1.807) is 0 Å². The van der Waals surface area contributed by atoms with E-state index in [-0.39, 0.29) is 17.7 Å². The zero-order valence-electron chi connectivity index (χ0n) is 15.7. The Labute approximate surface area is 154 Å². The Morgan fingerprint density at radius 3 is 2.50 bits per heavy atom. The van der Waals surface area contributed by atoms with Gasteiger partial charge in [0.15, 0.2) is 0 Å². The molecule has 0 bridgehead atoms. The van der Waals surface area contributed by atoms with Gasteiger partial charge in [-0.2, -0.15) is 0 Å². The molecule has 26 heavy (non-hydrogen) atoms. The lowest BCUT2D eigenvalue weighted by atomic mass is 9.81. The minimum Gasteiger partial charge on any atom is -0.480 e. The molecular weight excluding hydrogens is 332 g/mol. The number of hydrogen-bond donors (Lipinski definition) is 2. The number of benzene rings is 1. The van der Waals surface area contributed by atoms with Gasteiger partial charge in [0.1, 0.15) is 11.6 Å². The molecule has 6 heteroatoms. The summed E-state index contributed by atoms with van der Waals surface area (Å²) >= 11 is 0. The summed E-state index contributed by atoms with van der Waals surface area (Å²) in [6, 6.07) is 8.75. The van der Waals surface area contributed by atoms with E-state index >= 15 is 0 Å². The highest BCUT2D eigenvalue weighted by molar-refractivity contribution is 5.95. The molecule has 0 radical (unpaired) electrons. The van der Waals surface area contributed by atoms with Crippen LogP contribution in [0.5, 0.6) is 0 Å². The van der Waals surface area contributed by atoms with E-state index in [0.717, 1.165) is 12.0 Å². The number of carboxylic acid groups (broad SMARTS) is 1. The number of nitrogens with one attached hydrogen (secondary N) is 1. The number of nitrogens with zero attached hydrogens (tertiary/aromatic N) is 1. The van der Waals surface area contributed by atoms with E-state index in [9.17, 15) is 19.5 Å². The van der Waals surface area contributed by atoms with Gasteiger partial charge in [-0.25, -0.2) is 4.79 Å². The number of carboxylic acids is 1. The molecule has 0 saturated carbocycles. The molecule has 2 N–H and O–H groups in total. The van der Waals surface area contributed by atoms with Gasteiger partial charge in [-0.05, 0) is 30.7 Å². The summed E-state index contributed by atoms with van der Waals surface area (Å²) in [4.78, 5) is 38.1. The predicted molar refractivity (Wildman–Crippen MR) is 98.5 cm³/mol. The summed E-state index contributed by atoms with van der Waals surface area (Å²) in [6.45, 7) is 5.63. The number of carbonyl (C=O) groups is 3. The van der Waals surface area contributed by atoms with Gasteiger partial charge < -0.3 is 15.3 Å². The summed E-state index contributed by atoms with van der Waals surface area (Å²) in [5.74, 6) is -1.61. The lowest BCUT2D eigenvalue weighted by molar-refractivity contribution is -0.151. The molecule has 3 atom stereocenters. The van der Waals surface area contributed by atoms with Gasteiger partial charge >= 0.3 is 5.97 Å². The molecular formula is C20H28N2O4. The van der Waals surface area contributed by atoms with Crippen molar-refractivity contribution >= 4 is 17.8 Å². The standard InChI is InChI=1S/C20H28N2O4/c1-4-14(2)20(21-15(3)23)12-13-22(19(20)26)17(18(24)25)11-10-16-8-6-5-7-9-16/h5-9,14,17H,4,10-13H2,1-3H3,(H,21,23)(H,24,25)/t14-,17?,20-/m0/s1. The van der Waals surface area contributed by atoms with Crippen molar-refractivity contribution in [3.8, 4) is 0 Å². The molecule has 1 aromatic carbocycles. The van der Waals surface area contributed by atoms with E-state index < -0.39 is 17.6 Å². The van der Waals surface area contributed by atoms with Crippen LogP contribution in [0.2, 0.25) is 0 Å². The molecule has 1 aliphatic heterocycles. The molecule has 142 valence electrons. The summed E-state index contributed by atoms with van der Waals surface area (Å²) < 4.78 is 0. The Kier molecular flexibility index (Phi) is 6.40. The van der Waals surface area contributed by atoms with Crippen LogP contribution < -0.4 is 5.32 Å².